The molecule has 0 saturated carbocycles. The normalized spacial score (nSPS) is 16.3. The number of carbonyl (C=O) groups excluding carboxylic acids is 1. The molecule has 3 heteroatoms. The summed E-state index contributed by atoms with van der Waals surface area (Å²) in [5.74, 6) is 0.227. The van der Waals surface area contributed by atoms with Gasteiger partial charge in [0.15, 0.2) is 11.6 Å². The van der Waals surface area contributed by atoms with Crippen LogP contribution in [0.25, 0.3) is 0 Å². The SMILES string of the molecule is CC(=O)C1=NCC=CC=N1. The van der Waals surface area contributed by atoms with Crippen LogP contribution in [-0.2, 0) is 4.79 Å². The van der Waals surface area contributed by atoms with Crippen LogP contribution in [0.2, 0.25) is 0 Å². The van der Waals surface area contributed by atoms with Gasteiger partial charge in [-0.2, -0.15) is 0 Å². The van der Waals surface area contributed by atoms with Gasteiger partial charge < -0.3 is 0 Å². The number of Topliss-reactive ketones (excluding diaryl/α,β-unsaturated/α-hetero) is 1. The molecule has 0 amide bonds. The van der Waals surface area contributed by atoms with Crippen molar-refractivity contribution in [3.05, 3.63) is 12.2 Å². The minimum atomic E-state index is -0.0834. The van der Waals surface area contributed by atoms with E-state index in [2.05, 4.69) is 9.98 Å². The lowest BCUT2D eigenvalue weighted by atomic mass is 10.4. The van der Waals surface area contributed by atoms with E-state index in [0.29, 0.717) is 12.4 Å². The fraction of sp³-hybridized carbons (Fsp3) is 0.286. The first-order valence-corrected chi connectivity index (χ1v) is 3.05. The topological polar surface area (TPSA) is 41.8 Å². The van der Waals surface area contributed by atoms with E-state index >= 15 is 0 Å². The van der Waals surface area contributed by atoms with Crippen LogP contribution >= 0.6 is 0 Å². The molecule has 0 atom stereocenters. The molecule has 0 saturated heterocycles. The summed E-state index contributed by atoms with van der Waals surface area (Å²) in [6, 6.07) is 0. The van der Waals surface area contributed by atoms with Crippen molar-refractivity contribution in [1.29, 1.82) is 0 Å². The second-order valence-corrected chi connectivity index (χ2v) is 1.93. The van der Waals surface area contributed by atoms with Gasteiger partial charge in [0.05, 0.1) is 6.54 Å². The molecule has 0 bridgehead atoms. The van der Waals surface area contributed by atoms with Crippen molar-refractivity contribution >= 4 is 17.8 Å². The standard InChI is InChI=1S/C7H8N2O/c1-6(10)7-8-4-2-3-5-9-7/h2-4H,5H2,1H3. The van der Waals surface area contributed by atoms with Gasteiger partial charge in [-0.3, -0.25) is 9.79 Å². The van der Waals surface area contributed by atoms with Gasteiger partial charge in [-0.15, -0.1) is 0 Å². The highest BCUT2D eigenvalue weighted by molar-refractivity contribution is 6.39. The molecule has 1 aliphatic rings. The van der Waals surface area contributed by atoms with Crippen molar-refractivity contribution in [2.24, 2.45) is 9.98 Å². The molecule has 0 aromatic rings. The van der Waals surface area contributed by atoms with Crippen molar-refractivity contribution in [1.82, 2.24) is 0 Å². The lowest BCUT2D eigenvalue weighted by molar-refractivity contribution is -0.111. The molecule has 0 aromatic carbocycles. The number of carbonyl (C=O) groups is 1. The van der Waals surface area contributed by atoms with E-state index < -0.39 is 0 Å². The third-order valence-electron chi connectivity index (χ3n) is 1.08. The molecule has 52 valence electrons. The van der Waals surface area contributed by atoms with Gasteiger partial charge >= 0.3 is 0 Å². The van der Waals surface area contributed by atoms with Crippen LogP contribution in [0.3, 0.4) is 0 Å². The van der Waals surface area contributed by atoms with Crippen molar-refractivity contribution in [2.45, 2.75) is 6.92 Å². The lowest BCUT2D eigenvalue weighted by Crippen LogP contribution is -2.06. The smallest absolute Gasteiger partial charge is 0.196 e. The predicted molar refractivity (Wildman–Crippen MR) is 40.6 cm³/mol. The summed E-state index contributed by atoms with van der Waals surface area (Å²) in [7, 11) is 0. The van der Waals surface area contributed by atoms with E-state index in [-0.39, 0.29) is 5.78 Å². The van der Waals surface area contributed by atoms with Crippen molar-refractivity contribution in [3.8, 4) is 0 Å². The molecule has 1 rings (SSSR count). The minimum Gasteiger partial charge on any atom is -0.291 e. The van der Waals surface area contributed by atoms with E-state index in [4.69, 9.17) is 0 Å². The van der Waals surface area contributed by atoms with Crippen molar-refractivity contribution in [3.63, 3.8) is 0 Å². The van der Waals surface area contributed by atoms with Gasteiger partial charge in [0.1, 0.15) is 0 Å². The molecular weight excluding hydrogens is 128 g/mol. The Morgan fingerprint density at radius 2 is 2.50 bits per heavy atom. The third-order valence-corrected chi connectivity index (χ3v) is 1.08. The van der Waals surface area contributed by atoms with Gasteiger partial charge in [-0.1, -0.05) is 6.08 Å². The van der Waals surface area contributed by atoms with Crippen molar-refractivity contribution in [2.75, 3.05) is 6.54 Å². The van der Waals surface area contributed by atoms with Crippen LogP contribution in [0, 0.1) is 0 Å². The Bertz CT molecular complexity index is 226. The number of hydrogen-bond acceptors (Lipinski definition) is 3. The van der Waals surface area contributed by atoms with E-state index in [0.717, 1.165) is 0 Å². The molecule has 10 heavy (non-hydrogen) atoms. The Kier molecular flexibility index (Phi) is 2.10. The molecule has 3 nitrogen and oxygen atoms in total. The number of allylic oxidation sites excluding steroid dienone is 1. The minimum absolute atomic E-state index is 0.0834. The number of rotatable bonds is 1. The molecule has 0 aliphatic carbocycles. The highest BCUT2D eigenvalue weighted by atomic mass is 16.1. The summed E-state index contributed by atoms with van der Waals surface area (Å²) < 4.78 is 0. The quantitative estimate of drug-likeness (QED) is 0.520. The molecule has 0 radical (unpaired) electrons. The van der Waals surface area contributed by atoms with Crippen LogP contribution < -0.4 is 0 Å². The fourth-order valence-corrected chi connectivity index (χ4v) is 0.618. The van der Waals surface area contributed by atoms with Gasteiger partial charge in [0, 0.05) is 13.1 Å². The summed E-state index contributed by atoms with van der Waals surface area (Å²) >= 11 is 0. The maximum atomic E-state index is 10.7. The number of nitrogens with zero attached hydrogens (tertiary/aromatic N) is 2. The Hall–Kier alpha value is -1.25. The van der Waals surface area contributed by atoms with Gasteiger partial charge in [-0.05, 0) is 6.08 Å². The summed E-state index contributed by atoms with van der Waals surface area (Å²) in [5.41, 5.74) is 0. The van der Waals surface area contributed by atoms with Crippen molar-refractivity contribution < 1.29 is 4.79 Å². The number of hydrogen-bond donors (Lipinski definition) is 0. The zero-order valence-corrected chi connectivity index (χ0v) is 5.74. The second kappa shape index (κ2) is 3.06. The average molecular weight is 136 g/mol. The van der Waals surface area contributed by atoms with Crippen LogP contribution in [0.1, 0.15) is 6.92 Å². The first kappa shape index (κ1) is 6.86. The van der Waals surface area contributed by atoms with Crippen LogP contribution in [0.15, 0.2) is 22.1 Å². The number of amidine groups is 1. The Labute approximate surface area is 59.2 Å². The number of ketones is 1. The first-order chi connectivity index (χ1) is 4.80. The molecular formula is C7H8N2O. The van der Waals surface area contributed by atoms with Crippen LogP contribution in [0.5, 0.6) is 0 Å². The Morgan fingerprint density at radius 1 is 1.70 bits per heavy atom. The maximum Gasteiger partial charge on any atom is 0.196 e. The van der Waals surface area contributed by atoms with E-state index in [1.807, 2.05) is 6.08 Å². The van der Waals surface area contributed by atoms with E-state index in [1.54, 1.807) is 12.3 Å². The molecule has 0 spiro atoms. The van der Waals surface area contributed by atoms with Gasteiger partial charge in [-0.25, -0.2) is 4.99 Å². The third kappa shape index (κ3) is 1.62. The highest BCUT2D eigenvalue weighted by Gasteiger charge is 2.01. The average Bonchev–Trinajstić information content (AvgIpc) is 2.12. The molecule has 0 aromatic heterocycles. The highest BCUT2D eigenvalue weighted by Crippen LogP contribution is 1.88. The zero-order chi connectivity index (χ0) is 7.40. The summed E-state index contributed by atoms with van der Waals surface area (Å²) in [6.45, 7) is 2.01. The molecule has 0 N–H and O–H groups in total. The predicted octanol–water partition coefficient (Wildman–Crippen LogP) is 0.615. The molecule has 1 aliphatic heterocycles. The fourth-order valence-electron chi connectivity index (χ4n) is 0.618. The van der Waals surface area contributed by atoms with Crippen LogP contribution in [0.4, 0.5) is 0 Å². The molecule has 0 fully saturated rings. The largest absolute Gasteiger partial charge is 0.291 e. The Balaban J connectivity index is 2.78. The maximum absolute atomic E-state index is 10.7. The van der Waals surface area contributed by atoms with Crippen LogP contribution in [-0.4, -0.2) is 24.4 Å². The zero-order valence-electron chi connectivity index (χ0n) is 5.74. The lowest BCUT2D eigenvalue weighted by Gasteiger charge is -1.89. The van der Waals surface area contributed by atoms with E-state index in [9.17, 15) is 4.79 Å². The monoisotopic (exact) mass is 136 g/mol. The number of aliphatic imine (C=N–C) groups is 2. The summed E-state index contributed by atoms with van der Waals surface area (Å²) in [6.07, 6.45) is 5.20. The molecule has 1 heterocycles. The van der Waals surface area contributed by atoms with E-state index in [1.165, 1.54) is 6.92 Å². The summed E-state index contributed by atoms with van der Waals surface area (Å²) in [4.78, 5) is 18.4. The first-order valence-electron chi connectivity index (χ1n) is 3.05. The van der Waals surface area contributed by atoms with Gasteiger partial charge in [0.2, 0.25) is 0 Å². The molecule has 0 unspecified atom stereocenters. The van der Waals surface area contributed by atoms with Gasteiger partial charge in [0.25, 0.3) is 0 Å². The Morgan fingerprint density at radius 3 is 3.20 bits per heavy atom. The summed E-state index contributed by atoms with van der Waals surface area (Å²) in [5, 5.41) is 0. The second-order valence-electron chi connectivity index (χ2n) is 1.93.